The lowest BCUT2D eigenvalue weighted by atomic mass is 9.86. The lowest BCUT2D eigenvalue weighted by Crippen LogP contribution is -2.37. The molecule has 0 aliphatic carbocycles. The Morgan fingerprint density at radius 1 is 1.29 bits per heavy atom. The largest absolute Gasteiger partial charge is 0.338 e. The van der Waals surface area contributed by atoms with Gasteiger partial charge in [-0.15, -0.1) is 11.3 Å². The van der Waals surface area contributed by atoms with Crippen molar-refractivity contribution in [3.63, 3.8) is 0 Å². The lowest BCUT2D eigenvalue weighted by molar-refractivity contribution is -0.117. The number of halogens is 2. The van der Waals surface area contributed by atoms with Crippen molar-refractivity contribution in [3.05, 3.63) is 91.8 Å². The monoisotopic (exact) mass is 561 g/mol. The zero-order valence-electron chi connectivity index (χ0n) is 20.1. The molecule has 2 aromatic rings. The number of benzene rings is 1. The molecule has 0 bridgehead atoms. The number of nitrogens with two attached hydrogens (primary N) is 1. The first kappa shape index (κ1) is 28.3. The van der Waals surface area contributed by atoms with Crippen LogP contribution in [0.5, 0.6) is 0 Å². The lowest BCUT2D eigenvalue weighted by Gasteiger charge is -2.18. The number of thiophene rings is 1. The van der Waals surface area contributed by atoms with E-state index in [-0.39, 0.29) is 18.5 Å². The van der Waals surface area contributed by atoms with Gasteiger partial charge in [-0.2, -0.15) is 0 Å². The van der Waals surface area contributed by atoms with E-state index >= 15 is 0 Å². The van der Waals surface area contributed by atoms with Crippen LogP contribution in [0.25, 0.3) is 10.1 Å². The first-order valence-corrected chi connectivity index (χ1v) is 13.3. The van der Waals surface area contributed by atoms with Gasteiger partial charge in [0.1, 0.15) is 0 Å². The number of hydrazine groups is 1. The van der Waals surface area contributed by atoms with Crippen molar-refractivity contribution < 1.29 is 4.79 Å². The number of nitrogens with one attached hydrogen (secondary N) is 2. The second kappa shape index (κ2) is 14.4. The fraction of sp³-hybridized carbons (Fsp3) is 0.296. The highest BCUT2D eigenvalue weighted by molar-refractivity contribution is 9.10. The Balaban J connectivity index is 2.45. The third kappa shape index (κ3) is 8.07. The summed E-state index contributed by atoms with van der Waals surface area (Å²) < 4.78 is 2.39. The van der Waals surface area contributed by atoms with Crippen LogP contribution < -0.4 is 16.6 Å². The van der Waals surface area contributed by atoms with Crippen molar-refractivity contribution in [2.75, 3.05) is 6.67 Å². The zero-order chi connectivity index (χ0) is 25.1. The van der Waals surface area contributed by atoms with Crippen molar-refractivity contribution in [1.82, 2.24) is 10.7 Å². The highest BCUT2D eigenvalue weighted by atomic mass is 79.9. The number of allylic oxidation sites excluding steroid dienone is 8. The van der Waals surface area contributed by atoms with E-state index in [1.54, 1.807) is 17.4 Å². The first-order valence-electron chi connectivity index (χ1n) is 11.2. The van der Waals surface area contributed by atoms with Crippen LogP contribution in [0, 0.1) is 6.92 Å². The van der Waals surface area contributed by atoms with Gasteiger partial charge in [-0.25, -0.2) is 5.43 Å². The predicted molar refractivity (Wildman–Crippen MR) is 152 cm³/mol. The molecule has 0 aliphatic rings. The van der Waals surface area contributed by atoms with Crippen molar-refractivity contribution in [1.29, 1.82) is 0 Å². The highest BCUT2D eigenvalue weighted by Gasteiger charge is 2.19. The second-order valence-corrected chi connectivity index (χ2v) is 10.2. The molecule has 4 N–H and O–H groups in total. The average Bonchev–Trinajstić information content (AvgIpc) is 3.21. The van der Waals surface area contributed by atoms with Gasteiger partial charge in [-0.05, 0) is 89.7 Å². The number of aryl methyl sites for hydroxylation is 1. The summed E-state index contributed by atoms with van der Waals surface area (Å²) in [5, 5.41) is 7.01. The SMILES string of the molecule is C\C=C/C(=C\C=C\CC(/C(=C/C=C(\C)Cl)CC)c1csc2c(Br)cc(C)cc12)C(=O)NCNN. The maximum absolute atomic E-state index is 12.3. The number of carbonyl (C=O) groups excluding carboxylic acids is 1. The Hall–Kier alpha value is -1.96. The molecule has 0 aliphatic heterocycles. The molecule has 0 radical (unpaired) electrons. The Kier molecular flexibility index (Phi) is 12.0. The predicted octanol–water partition coefficient (Wildman–Crippen LogP) is 7.52. The summed E-state index contributed by atoms with van der Waals surface area (Å²) in [6.07, 6.45) is 15.3. The summed E-state index contributed by atoms with van der Waals surface area (Å²) >= 11 is 11.6. The van der Waals surface area contributed by atoms with Gasteiger partial charge in [-0.1, -0.05) is 60.5 Å². The molecule has 1 unspecified atom stereocenters. The van der Waals surface area contributed by atoms with Crippen LogP contribution in [0.15, 0.2) is 80.7 Å². The molecule has 182 valence electrons. The van der Waals surface area contributed by atoms with E-state index in [9.17, 15) is 4.79 Å². The minimum atomic E-state index is -0.182. The molecule has 7 heteroatoms. The maximum Gasteiger partial charge on any atom is 0.252 e. The van der Waals surface area contributed by atoms with Gasteiger partial charge in [0, 0.05) is 25.7 Å². The fourth-order valence-electron chi connectivity index (χ4n) is 3.71. The molecule has 0 spiro atoms. The molecule has 2 rings (SSSR count). The van der Waals surface area contributed by atoms with Crippen LogP contribution in [0.4, 0.5) is 0 Å². The number of hydrogen-bond donors (Lipinski definition) is 3. The molecular weight excluding hydrogens is 530 g/mol. The highest BCUT2D eigenvalue weighted by Crippen LogP contribution is 2.41. The molecule has 1 amide bonds. The normalized spacial score (nSPS) is 14.5. The van der Waals surface area contributed by atoms with Gasteiger partial charge in [-0.3, -0.25) is 10.6 Å². The van der Waals surface area contributed by atoms with Crippen LogP contribution in [0.2, 0.25) is 0 Å². The molecule has 1 heterocycles. The Bertz CT molecular complexity index is 1140. The summed E-state index contributed by atoms with van der Waals surface area (Å²) in [5.41, 5.74) is 6.85. The number of fused-ring (bicyclic) bond motifs is 1. The molecule has 1 aromatic carbocycles. The van der Waals surface area contributed by atoms with Gasteiger partial charge < -0.3 is 5.32 Å². The summed E-state index contributed by atoms with van der Waals surface area (Å²) in [7, 11) is 0. The number of carbonyl (C=O) groups is 1. The van der Waals surface area contributed by atoms with Crippen molar-refractivity contribution >= 4 is 54.9 Å². The molecule has 0 saturated carbocycles. The molecular formula is C27H33BrClN3OS. The molecule has 0 fully saturated rings. The number of hydrogen-bond acceptors (Lipinski definition) is 4. The molecule has 1 atom stereocenters. The van der Waals surface area contributed by atoms with Gasteiger partial charge >= 0.3 is 0 Å². The van der Waals surface area contributed by atoms with Gasteiger partial charge in [0.15, 0.2) is 0 Å². The molecule has 1 aromatic heterocycles. The van der Waals surface area contributed by atoms with Gasteiger partial charge in [0.05, 0.1) is 6.67 Å². The third-order valence-corrected chi connectivity index (χ3v) is 7.37. The number of rotatable bonds is 11. The average molecular weight is 563 g/mol. The minimum absolute atomic E-state index is 0.182. The van der Waals surface area contributed by atoms with E-state index in [1.165, 1.54) is 26.8 Å². The quantitative estimate of drug-likeness (QED) is 0.0872. The Morgan fingerprint density at radius 3 is 2.71 bits per heavy atom. The van der Waals surface area contributed by atoms with Crippen molar-refractivity contribution in [2.45, 2.75) is 46.5 Å². The van der Waals surface area contributed by atoms with E-state index in [2.05, 4.69) is 70.2 Å². The van der Waals surface area contributed by atoms with E-state index in [0.717, 1.165) is 22.3 Å². The smallest absolute Gasteiger partial charge is 0.252 e. The molecule has 0 saturated heterocycles. The van der Waals surface area contributed by atoms with Crippen molar-refractivity contribution in [2.24, 2.45) is 5.84 Å². The zero-order valence-corrected chi connectivity index (χ0v) is 23.3. The van der Waals surface area contributed by atoms with E-state index in [4.69, 9.17) is 17.4 Å². The summed E-state index contributed by atoms with van der Waals surface area (Å²) in [5.74, 6) is 5.28. The Labute approximate surface area is 220 Å². The van der Waals surface area contributed by atoms with E-state index in [0.29, 0.717) is 5.57 Å². The Morgan fingerprint density at radius 2 is 2.06 bits per heavy atom. The van der Waals surface area contributed by atoms with E-state index in [1.807, 2.05) is 38.2 Å². The topological polar surface area (TPSA) is 67.2 Å². The maximum atomic E-state index is 12.3. The molecule has 4 nitrogen and oxygen atoms in total. The van der Waals surface area contributed by atoms with E-state index < -0.39 is 0 Å². The summed E-state index contributed by atoms with van der Waals surface area (Å²) in [4.78, 5) is 12.3. The van der Waals surface area contributed by atoms with Crippen LogP contribution in [-0.2, 0) is 4.79 Å². The van der Waals surface area contributed by atoms with Gasteiger partial charge in [0.25, 0.3) is 5.91 Å². The number of amides is 1. The minimum Gasteiger partial charge on any atom is -0.338 e. The second-order valence-electron chi connectivity index (χ2n) is 7.89. The summed E-state index contributed by atoms with van der Waals surface area (Å²) in [6, 6.07) is 4.42. The fourth-order valence-corrected chi connectivity index (χ4v) is 5.63. The van der Waals surface area contributed by atoms with Crippen LogP contribution in [0.3, 0.4) is 0 Å². The molecule has 34 heavy (non-hydrogen) atoms. The van der Waals surface area contributed by atoms with Crippen LogP contribution in [0.1, 0.15) is 50.7 Å². The summed E-state index contributed by atoms with van der Waals surface area (Å²) in [6.45, 7) is 8.27. The van der Waals surface area contributed by atoms with Crippen LogP contribution >= 0.6 is 38.9 Å². The third-order valence-electron chi connectivity index (χ3n) is 5.30. The standard InChI is InChI=1S/C27H33BrClN3OS/c1-5-9-21(27(33)31-17-32-30)10-7-8-11-22(20(6-2)13-12-19(4)29)24-16-34-26-23(24)14-18(3)15-25(26)28/h5,7-10,12-16,22,32H,6,11,17,30H2,1-4H3,(H,31,33)/b8-7+,9-5-,19-12+,20-13+,21-10+. The first-order chi connectivity index (χ1) is 16.3. The van der Waals surface area contributed by atoms with Crippen LogP contribution in [-0.4, -0.2) is 12.6 Å². The van der Waals surface area contributed by atoms with Crippen molar-refractivity contribution in [3.8, 4) is 0 Å². The van der Waals surface area contributed by atoms with Gasteiger partial charge in [0.2, 0.25) is 0 Å².